The number of fused-ring (bicyclic) bond motifs is 1. The number of nitrogens with one attached hydrogen (secondary N) is 1. The van der Waals surface area contributed by atoms with Gasteiger partial charge in [0.15, 0.2) is 0 Å². The maximum atomic E-state index is 10.7. The fourth-order valence-corrected chi connectivity index (χ4v) is 2.28. The molecule has 3 aromatic rings. The molecule has 3 rings (SSSR count). The van der Waals surface area contributed by atoms with E-state index in [9.17, 15) is 4.79 Å². The summed E-state index contributed by atoms with van der Waals surface area (Å²) in [6.45, 7) is 0.639. The van der Waals surface area contributed by atoms with Crippen LogP contribution in [0.4, 0.5) is 10.5 Å². The Labute approximate surface area is 126 Å². The van der Waals surface area contributed by atoms with Gasteiger partial charge in [0, 0.05) is 17.3 Å². The van der Waals surface area contributed by atoms with Gasteiger partial charge in [0.25, 0.3) is 0 Å². The van der Waals surface area contributed by atoms with E-state index in [0.717, 1.165) is 22.2 Å². The van der Waals surface area contributed by atoms with Crippen molar-refractivity contribution in [2.75, 3.05) is 12.4 Å². The van der Waals surface area contributed by atoms with Crippen LogP contribution in [0.25, 0.3) is 10.9 Å². The number of carbonyl (C=O) groups is 1. The summed E-state index contributed by atoms with van der Waals surface area (Å²) in [5.41, 5.74) is 2.46. The average Bonchev–Trinajstić information content (AvgIpc) is 2.89. The van der Waals surface area contributed by atoms with E-state index in [1.165, 1.54) is 0 Å². The maximum Gasteiger partial charge on any atom is 0.409 e. The van der Waals surface area contributed by atoms with Gasteiger partial charge in [0.05, 0.1) is 19.2 Å². The Bertz CT molecular complexity index is 809. The highest BCUT2D eigenvalue weighted by Gasteiger charge is 2.05. The quantitative estimate of drug-likeness (QED) is 0.775. The first-order chi connectivity index (χ1) is 10.6. The number of aromatic nitrogens is 2. The molecule has 1 heterocycles. The monoisotopic (exact) mass is 297 g/mol. The van der Waals surface area contributed by atoms with Gasteiger partial charge in [-0.2, -0.15) is 5.10 Å². The summed E-state index contributed by atoms with van der Waals surface area (Å²) in [6, 6.07) is 13.1. The van der Waals surface area contributed by atoms with Crippen molar-refractivity contribution in [2.24, 2.45) is 0 Å². The Hall–Kier alpha value is -3.02. The summed E-state index contributed by atoms with van der Waals surface area (Å²) in [7, 11) is 1.64. The number of hydrogen-bond acceptors (Lipinski definition) is 3. The summed E-state index contributed by atoms with van der Waals surface area (Å²) in [5.74, 6) is 0.818. The zero-order valence-corrected chi connectivity index (χ0v) is 12.0. The van der Waals surface area contributed by atoms with E-state index < -0.39 is 6.09 Å². The van der Waals surface area contributed by atoms with E-state index in [-0.39, 0.29) is 0 Å². The second-order valence-corrected chi connectivity index (χ2v) is 4.88. The Kier molecular flexibility index (Phi) is 3.65. The number of methoxy groups -OCH3 is 1. The van der Waals surface area contributed by atoms with E-state index in [4.69, 9.17) is 9.84 Å². The Morgan fingerprint density at radius 2 is 2.05 bits per heavy atom. The van der Waals surface area contributed by atoms with Crippen LogP contribution >= 0.6 is 0 Å². The molecule has 2 N–H and O–H groups in total. The van der Waals surface area contributed by atoms with E-state index in [1.807, 2.05) is 35.1 Å². The lowest BCUT2D eigenvalue weighted by molar-refractivity contribution is 0.210. The van der Waals surface area contributed by atoms with Crippen molar-refractivity contribution >= 4 is 22.7 Å². The van der Waals surface area contributed by atoms with Crippen molar-refractivity contribution < 1.29 is 14.6 Å². The summed E-state index contributed by atoms with van der Waals surface area (Å²) in [6.07, 6.45) is 0.817. The van der Waals surface area contributed by atoms with Gasteiger partial charge in [-0.1, -0.05) is 12.1 Å². The highest BCUT2D eigenvalue weighted by Crippen LogP contribution is 2.19. The molecule has 112 valence electrons. The number of ether oxygens (including phenoxy) is 1. The van der Waals surface area contributed by atoms with E-state index in [0.29, 0.717) is 12.2 Å². The molecule has 2 aromatic carbocycles. The van der Waals surface area contributed by atoms with E-state index >= 15 is 0 Å². The first kappa shape index (κ1) is 13.9. The number of amides is 1. The zero-order valence-electron chi connectivity index (χ0n) is 12.0. The van der Waals surface area contributed by atoms with Crippen LogP contribution in [0.1, 0.15) is 5.56 Å². The fraction of sp³-hybridized carbons (Fsp3) is 0.125. The minimum Gasteiger partial charge on any atom is -0.497 e. The predicted molar refractivity (Wildman–Crippen MR) is 83.5 cm³/mol. The molecule has 0 saturated heterocycles. The lowest BCUT2D eigenvalue weighted by atomic mass is 10.2. The van der Waals surface area contributed by atoms with Crippen LogP contribution in [0, 0.1) is 0 Å². The topological polar surface area (TPSA) is 76.4 Å². The molecule has 22 heavy (non-hydrogen) atoms. The molecule has 0 bridgehead atoms. The first-order valence-electron chi connectivity index (χ1n) is 6.74. The Balaban J connectivity index is 1.83. The average molecular weight is 297 g/mol. The largest absolute Gasteiger partial charge is 0.497 e. The van der Waals surface area contributed by atoms with Crippen molar-refractivity contribution in [2.45, 2.75) is 6.54 Å². The molecule has 1 amide bonds. The standard InChI is InChI=1S/C16H15N3O3/c1-22-14-5-2-11(3-6-14)9-19-10-12-8-13(17-16(20)21)4-7-15(12)18-19/h2-8,10,17H,9H2,1H3,(H,20,21). The predicted octanol–water partition coefficient (Wildman–Crippen LogP) is 3.18. The minimum absolute atomic E-state index is 0.531. The highest BCUT2D eigenvalue weighted by molar-refractivity contribution is 5.88. The summed E-state index contributed by atoms with van der Waals surface area (Å²) in [4.78, 5) is 10.7. The van der Waals surface area contributed by atoms with Crippen molar-refractivity contribution in [3.05, 3.63) is 54.2 Å². The van der Waals surface area contributed by atoms with Crippen LogP contribution in [-0.4, -0.2) is 28.1 Å². The second kappa shape index (κ2) is 5.77. The molecule has 0 aliphatic carbocycles. The number of hydrogen-bond donors (Lipinski definition) is 2. The molecule has 6 nitrogen and oxygen atoms in total. The van der Waals surface area contributed by atoms with Crippen molar-refractivity contribution in [3.63, 3.8) is 0 Å². The molecule has 0 spiro atoms. The van der Waals surface area contributed by atoms with Gasteiger partial charge in [0.2, 0.25) is 0 Å². The van der Waals surface area contributed by atoms with E-state index in [1.54, 1.807) is 25.3 Å². The molecule has 0 unspecified atom stereocenters. The van der Waals surface area contributed by atoms with Crippen LogP contribution < -0.4 is 10.1 Å². The van der Waals surface area contributed by atoms with Gasteiger partial charge < -0.3 is 9.84 Å². The smallest absolute Gasteiger partial charge is 0.409 e. The lowest BCUT2D eigenvalue weighted by Crippen LogP contribution is -2.06. The number of nitrogens with zero attached hydrogens (tertiary/aromatic N) is 2. The van der Waals surface area contributed by atoms with Gasteiger partial charge in [-0.3, -0.25) is 10.00 Å². The normalized spacial score (nSPS) is 10.6. The van der Waals surface area contributed by atoms with Gasteiger partial charge in [-0.15, -0.1) is 0 Å². The highest BCUT2D eigenvalue weighted by atomic mass is 16.5. The SMILES string of the molecule is COc1ccc(Cn2cc3cc(NC(=O)O)ccc3n2)cc1. The summed E-state index contributed by atoms with van der Waals surface area (Å²) < 4.78 is 6.97. The lowest BCUT2D eigenvalue weighted by Gasteiger charge is -2.03. The molecular weight excluding hydrogens is 282 g/mol. The van der Waals surface area contributed by atoms with Crippen LogP contribution in [-0.2, 0) is 6.54 Å². The number of carboxylic acid groups (broad SMARTS) is 1. The Morgan fingerprint density at radius 1 is 1.27 bits per heavy atom. The molecule has 0 atom stereocenters. The molecule has 6 heteroatoms. The minimum atomic E-state index is -1.08. The van der Waals surface area contributed by atoms with E-state index in [2.05, 4.69) is 10.4 Å². The van der Waals surface area contributed by atoms with Gasteiger partial charge in [-0.25, -0.2) is 4.79 Å². The molecule has 0 saturated carbocycles. The fourth-order valence-electron chi connectivity index (χ4n) is 2.28. The number of anilines is 1. The zero-order chi connectivity index (χ0) is 15.5. The molecule has 0 aliphatic heterocycles. The molecule has 1 aromatic heterocycles. The number of benzene rings is 2. The second-order valence-electron chi connectivity index (χ2n) is 4.88. The van der Waals surface area contributed by atoms with Gasteiger partial charge in [-0.05, 0) is 35.9 Å². The summed E-state index contributed by atoms with van der Waals surface area (Å²) >= 11 is 0. The molecule has 0 radical (unpaired) electrons. The van der Waals surface area contributed by atoms with Crippen LogP contribution in [0.5, 0.6) is 5.75 Å². The third-order valence-electron chi connectivity index (χ3n) is 3.31. The molecular formula is C16H15N3O3. The van der Waals surface area contributed by atoms with Crippen LogP contribution in [0.3, 0.4) is 0 Å². The number of rotatable bonds is 4. The molecule has 0 aliphatic rings. The Morgan fingerprint density at radius 3 is 2.73 bits per heavy atom. The first-order valence-corrected chi connectivity index (χ1v) is 6.74. The van der Waals surface area contributed by atoms with Crippen LogP contribution in [0.2, 0.25) is 0 Å². The van der Waals surface area contributed by atoms with Gasteiger partial charge in [0.1, 0.15) is 5.75 Å². The third-order valence-corrected chi connectivity index (χ3v) is 3.31. The maximum absolute atomic E-state index is 10.7. The van der Waals surface area contributed by atoms with Crippen molar-refractivity contribution in [1.29, 1.82) is 0 Å². The van der Waals surface area contributed by atoms with Crippen molar-refractivity contribution in [3.8, 4) is 5.75 Å². The third kappa shape index (κ3) is 3.01. The van der Waals surface area contributed by atoms with Crippen LogP contribution in [0.15, 0.2) is 48.7 Å². The van der Waals surface area contributed by atoms with Crippen molar-refractivity contribution in [1.82, 2.24) is 9.78 Å². The van der Waals surface area contributed by atoms with Gasteiger partial charge >= 0.3 is 6.09 Å². The summed E-state index contributed by atoms with van der Waals surface area (Å²) in [5, 5.41) is 16.4. The molecule has 0 fully saturated rings.